The van der Waals surface area contributed by atoms with Crippen LogP contribution in [0.5, 0.6) is 0 Å². The monoisotopic (exact) mass is 701 g/mol. The first-order valence-corrected chi connectivity index (χ1v) is 18.1. The average molecular weight is 702 g/mol. The smallest absolute Gasteiger partial charge is 0.245 e. The van der Waals surface area contributed by atoms with Gasteiger partial charge in [0.2, 0.25) is 17.7 Å². The number of para-hydroxylation sites is 1. The molecule has 0 bridgehead atoms. The van der Waals surface area contributed by atoms with E-state index in [1.165, 1.54) is 28.8 Å². The molecule has 3 amide bonds. The van der Waals surface area contributed by atoms with Crippen molar-refractivity contribution in [1.29, 1.82) is 0 Å². The lowest BCUT2D eigenvalue weighted by Crippen LogP contribution is -2.57. The van der Waals surface area contributed by atoms with Crippen LogP contribution in [0.25, 0.3) is 10.9 Å². The van der Waals surface area contributed by atoms with Crippen LogP contribution in [0.1, 0.15) is 54.4 Å². The van der Waals surface area contributed by atoms with Crippen LogP contribution in [-0.2, 0) is 33.9 Å². The number of carbonyl (C=O) groups excluding carboxylic acids is 3. The minimum Gasteiger partial charge on any atom is -0.361 e. The zero-order valence-electron chi connectivity index (χ0n) is 28.8. The molecular weight excluding hydrogens is 654 g/mol. The highest BCUT2D eigenvalue weighted by Crippen LogP contribution is 2.36. The molecule has 4 aromatic rings. The second kappa shape index (κ2) is 17.6. The summed E-state index contributed by atoms with van der Waals surface area (Å²) in [5.74, 6) is -1.42. The number of nitrogens with zero attached hydrogens (tertiary/aromatic N) is 1. The van der Waals surface area contributed by atoms with Crippen molar-refractivity contribution < 1.29 is 18.8 Å². The number of hydrogen-bond acceptors (Lipinski definition) is 7. The number of likely N-dealkylation sites (N-methyl/N-ethyl adjacent to an activating group) is 1. The van der Waals surface area contributed by atoms with Gasteiger partial charge in [-0.15, -0.1) is 0 Å². The molecule has 8 N–H and O–H groups in total. The Morgan fingerprint density at radius 2 is 1.66 bits per heavy atom. The van der Waals surface area contributed by atoms with E-state index >= 15 is 0 Å². The number of H-pyrrole nitrogens is 1. The minimum absolute atomic E-state index is 0.221. The van der Waals surface area contributed by atoms with Crippen LogP contribution in [0, 0.1) is 12.7 Å². The van der Waals surface area contributed by atoms with Crippen LogP contribution in [-0.4, -0.2) is 65.9 Å². The summed E-state index contributed by atoms with van der Waals surface area (Å²) in [4.78, 5) is 49.0. The number of aromatic amines is 1. The van der Waals surface area contributed by atoms with Crippen molar-refractivity contribution in [2.45, 2.75) is 86.5 Å². The lowest BCUT2D eigenvalue weighted by Gasteiger charge is -2.32. The van der Waals surface area contributed by atoms with Crippen LogP contribution < -0.4 is 27.4 Å². The van der Waals surface area contributed by atoms with E-state index in [0.29, 0.717) is 50.8 Å². The van der Waals surface area contributed by atoms with Gasteiger partial charge in [0.25, 0.3) is 0 Å². The molecule has 1 aliphatic rings. The van der Waals surface area contributed by atoms with Gasteiger partial charge in [-0.3, -0.25) is 14.4 Å². The van der Waals surface area contributed by atoms with E-state index < -0.39 is 18.1 Å². The Kier molecular flexibility index (Phi) is 13.1. The Morgan fingerprint density at radius 3 is 2.46 bits per heavy atom. The van der Waals surface area contributed by atoms with E-state index in [2.05, 4.69) is 20.9 Å². The summed E-state index contributed by atoms with van der Waals surface area (Å²) in [6, 6.07) is 15.9. The highest BCUT2D eigenvalue weighted by atomic mass is 32.2. The first-order chi connectivity index (χ1) is 24.2. The number of nitrogens with two attached hydrogens (primary N) is 2. The Hall–Kier alpha value is -4.23. The predicted molar refractivity (Wildman–Crippen MR) is 196 cm³/mol. The van der Waals surface area contributed by atoms with Gasteiger partial charge in [-0.05, 0) is 98.6 Å². The third kappa shape index (κ3) is 9.11. The topological polar surface area (TPSA) is 158 Å². The molecule has 3 atom stereocenters. The zero-order valence-corrected chi connectivity index (χ0v) is 29.6. The largest absolute Gasteiger partial charge is 0.361 e. The molecule has 1 aliphatic heterocycles. The second-order valence-electron chi connectivity index (χ2n) is 12.9. The summed E-state index contributed by atoms with van der Waals surface area (Å²) < 4.78 is 14.6. The number of amides is 3. The fourth-order valence-electron chi connectivity index (χ4n) is 6.41. The van der Waals surface area contributed by atoms with Gasteiger partial charge in [-0.25, -0.2) is 4.39 Å². The van der Waals surface area contributed by atoms with Crippen molar-refractivity contribution in [2.75, 3.05) is 20.1 Å². The van der Waals surface area contributed by atoms with Crippen LogP contribution in [0.15, 0.2) is 76.7 Å². The molecule has 10 nitrogen and oxygen atoms in total. The molecule has 50 heavy (non-hydrogen) atoms. The first-order valence-electron chi connectivity index (χ1n) is 17.3. The Bertz CT molecular complexity index is 1800. The molecule has 0 unspecified atom stereocenters. The highest BCUT2D eigenvalue weighted by molar-refractivity contribution is 7.99. The number of aryl methyl sites for hydroxylation is 1. The molecule has 0 fully saturated rings. The Morgan fingerprint density at radius 1 is 0.880 bits per heavy atom. The lowest BCUT2D eigenvalue weighted by atomic mass is 10.0. The van der Waals surface area contributed by atoms with Crippen LogP contribution in [0.2, 0.25) is 0 Å². The highest BCUT2D eigenvalue weighted by Gasteiger charge is 2.34. The maximum Gasteiger partial charge on any atom is 0.245 e. The number of halogens is 1. The van der Waals surface area contributed by atoms with E-state index in [4.69, 9.17) is 11.5 Å². The number of unbranched alkanes of at least 4 members (excludes halogenated alkanes) is 1. The van der Waals surface area contributed by atoms with Gasteiger partial charge in [0, 0.05) is 53.4 Å². The zero-order chi connectivity index (χ0) is 35.6. The van der Waals surface area contributed by atoms with Gasteiger partial charge in [-0.2, -0.15) is 0 Å². The third-order valence-corrected chi connectivity index (χ3v) is 10.7. The molecule has 1 aromatic heterocycles. The first kappa shape index (κ1) is 37.0. The molecule has 5 rings (SSSR count). The number of aromatic nitrogens is 1. The molecule has 12 heteroatoms. The van der Waals surface area contributed by atoms with Crippen LogP contribution >= 0.6 is 11.8 Å². The lowest BCUT2D eigenvalue weighted by molar-refractivity contribution is -0.142. The van der Waals surface area contributed by atoms with E-state index in [0.717, 1.165) is 37.4 Å². The normalized spacial score (nSPS) is 19.4. The van der Waals surface area contributed by atoms with Crippen LogP contribution in [0.3, 0.4) is 0 Å². The second-order valence-corrected chi connectivity index (χ2v) is 13.9. The van der Waals surface area contributed by atoms with Gasteiger partial charge in [0.15, 0.2) is 0 Å². The van der Waals surface area contributed by atoms with Crippen molar-refractivity contribution in [2.24, 2.45) is 11.5 Å². The average Bonchev–Trinajstić information content (AvgIpc) is 3.52. The summed E-state index contributed by atoms with van der Waals surface area (Å²) in [6.07, 6.45) is 4.78. The summed E-state index contributed by atoms with van der Waals surface area (Å²) in [6.45, 7) is 3.28. The van der Waals surface area contributed by atoms with Crippen molar-refractivity contribution in [3.05, 3.63) is 94.9 Å². The molecule has 266 valence electrons. The van der Waals surface area contributed by atoms with Crippen molar-refractivity contribution in [3.8, 4) is 0 Å². The number of benzene rings is 3. The number of fused-ring (bicyclic) bond motifs is 3. The summed E-state index contributed by atoms with van der Waals surface area (Å²) in [5.41, 5.74) is 16.1. The minimum atomic E-state index is -0.890. The predicted octanol–water partition coefficient (Wildman–Crippen LogP) is 4.28. The maximum absolute atomic E-state index is 14.6. The molecule has 0 saturated heterocycles. The van der Waals surface area contributed by atoms with Crippen molar-refractivity contribution >= 4 is 40.4 Å². The van der Waals surface area contributed by atoms with E-state index in [1.54, 1.807) is 13.1 Å². The number of rotatable bonds is 9. The molecule has 0 spiro atoms. The Balaban J connectivity index is 1.57. The fraction of sp³-hybridized carbons (Fsp3) is 0.395. The van der Waals surface area contributed by atoms with Gasteiger partial charge in [0.05, 0.1) is 6.04 Å². The molecule has 2 heterocycles. The van der Waals surface area contributed by atoms with E-state index in [9.17, 15) is 18.8 Å². The van der Waals surface area contributed by atoms with E-state index in [1.807, 2.05) is 55.6 Å². The molecule has 0 radical (unpaired) electrons. The molecule has 0 aliphatic carbocycles. The third-order valence-electron chi connectivity index (χ3n) is 9.30. The summed E-state index contributed by atoms with van der Waals surface area (Å²) in [7, 11) is 1.63. The molecule has 3 aromatic carbocycles. The number of hydrogen-bond donors (Lipinski definition) is 6. The quantitative estimate of drug-likeness (QED) is 0.142. The van der Waals surface area contributed by atoms with Crippen molar-refractivity contribution in [1.82, 2.24) is 25.8 Å². The van der Waals surface area contributed by atoms with E-state index in [-0.39, 0.29) is 43.0 Å². The molecular formula is C38H48FN7O3S. The van der Waals surface area contributed by atoms with Gasteiger partial charge in [-0.1, -0.05) is 48.2 Å². The molecule has 0 saturated carbocycles. The standard InChI is InChI=1S/C38H48FN7O3S/c1-24-9-7-10-25-21-44-37(48)33(20-26-22-42-30-12-4-3-11-29(26)30)46(2)38(49)32(13-5-6-17-40)45-36(47)31(14-8-18-41)43-23-27-19-28(39)15-16-34(27)50-35(24)25/h3-4,7,9-12,15-16,19,22,31-33,42-43H,5-6,8,13-14,17-18,20-21,23,40-41H2,1-2H3,(H,44,48)(H,45,47)/t31-,32+,33+/m1/s1. The Labute approximate surface area is 297 Å². The number of nitrogens with one attached hydrogen (secondary N) is 4. The van der Waals surface area contributed by atoms with Gasteiger partial charge < -0.3 is 37.3 Å². The summed E-state index contributed by atoms with van der Waals surface area (Å²) >= 11 is 1.50. The maximum atomic E-state index is 14.6. The summed E-state index contributed by atoms with van der Waals surface area (Å²) in [5, 5.41) is 10.4. The number of carbonyl (C=O) groups is 3. The SMILES string of the molecule is Cc1cccc2c1Sc1ccc(F)cc1CN[C@H](CCCN)C(=O)N[C@@H](CCCCN)C(=O)N(C)[C@@H](Cc1c[nH]c3ccccc13)C(=O)NC2. The fourth-order valence-corrected chi connectivity index (χ4v) is 7.53. The van der Waals surface area contributed by atoms with Gasteiger partial charge >= 0.3 is 0 Å². The van der Waals surface area contributed by atoms with Gasteiger partial charge in [0.1, 0.15) is 17.9 Å². The van der Waals surface area contributed by atoms with Crippen LogP contribution in [0.4, 0.5) is 4.39 Å². The van der Waals surface area contributed by atoms with Crippen molar-refractivity contribution in [3.63, 3.8) is 0 Å².